The number of likely N-dealkylation sites (tertiary alicyclic amines) is 1. The predicted molar refractivity (Wildman–Crippen MR) is 56.1 cm³/mol. The first-order chi connectivity index (χ1) is 8.17. The minimum absolute atomic E-state index is 0.145. The van der Waals surface area contributed by atoms with E-state index in [4.69, 9.17) is 5.11 Å². The Hall–Kier alpha value is -1.47. The molecule has 0 aliphatic carbocycles. The lowest BCUT2D eigenvalue weighted by Gasteiger charge is -2.41. The van der Waals surface area contributed by atoms with Gasteiger partial charge < -0.3 is 15.3 Å². The van der Waals surface area contributed by atoms with Crippen LogP contribution in [0.4, 0.5) is 18.0 Å². The van der Waals surface area contributed by atoms with Crippen molar-refractivity contribution in [1.82, 2.24) is 10.2 Å². The summed E-state index contributed by atoms with van der Waals surface area (Å²) in [4.78, 5) is 23.7. The second-order valence-corrected chi connectivity index (χ2v) is 4.46. The molecule has 0 aromatic carbocycles. The monoisotopic (exact) mass is 268 g/mol. The lowest BCUT2D eigenvalue weighted by Crippen LogP contribution is -2.60. The SMILES string of the molecule is CC1(C(=O)O)CCCCN1C(=O)NCC(F)(F)F. The second kappa shape index (κ2) is 5.03. The van der Waals surface area contributed by atoms with Crippen LogP contribution in [0.1, 0.15) is 26.2 Å². The van der Waals surface area contributed by atoms with Crippen LogP contribution in [0, 0.1) is 0 Å². The van der Waals surface area contributed by atoms with E-state index in [1.165, 1.54) is 6.92 Å². The third kappa shape index (κ3) is 3.27. The number of nitrogens with zero attached hydrogens (tertiary/aromatic N) is 1. The van der Waals surface area contributed by atoms with Crippen molar-refractivity contribution in [2.75, 3.05) is 13.1 Å². The number of carbonyl (C=O) groups is 2. The number of urea groups is 1. The van der Waals surface area contributed by atoms with Crippen LogP contribution in [0.5, 0.6) is 0 Å². The molecule has 2 N–H and O–H groups in total. The van der Waals surface area contributed by atoms with Gasteiger partial charge in [0, 0.05) is 6.54 Å². The quantitative estimate of drug-likeness (QED) is 0.799. The van der Waals surface area contributed by atoms with Crippen molar-refractivity contribution < 1.29 is 27.9 Å². The molecule has 5 nitrogen and oxygen atoms in total. The van der Waals surface area contributed by atoms with E-state index in [-0.39, 0.29) is 13.0 Å². The van der Waals surface area contributed by atoms with E-state index in [1.54, 1.807) is 5.32 Å². The van der Waals surface area contributed by atoms with Crippen molar-refractivity contribution in [3.63, 3.8) is 0 Å². The summed E-state index contributed by atoms with van der Waals surface area (Å²) in [7, 11) is 0. The van der Waals surface area contributed by atoms with Gasteiger partial charge in [-0.15, -0.1) is 0 Å². The molecule has 18 heavy (non-hydrogen) atoms. The molecule has 0 spiro atoms. The highest BCUT2D eigenvalue weighted by atomic mass is 19.4. The maximum absolute atomic E-state index is 12.0. The highest BCUT2D eigenvalue weighted by molar-refractivity contribution is 5.86. The first-order valence-electron chi connectivity index (χ1n) is 5.52. The molecular weight excluding hydrogens is 253 g/mol. The Balaban J connectivity index is 2.72. The Morgan fingerprint density at radius 2 is 2.00 bits per heavy atom. The molecular formula is C10H15F3N2O3. The molecule has 0 radical (unpaired) electrons. The Kier molecular flexibility index (Phi) is 4.08. The summed E-state index contributed by atoms with van der Waals surface area (Å²) in [6.45, 7) is 0.0339. The van der Waals surface area contributed by atoms with Crippen molar-refractivity contribution in [1.29, 1.82) is 0 Å². The standard InChI is InChI=1S/C10H15F3N2O3/c1-9(7(16)17)4-2-3-5-15(9)8(18)14-6-10(11,12)13/h2-6H2,1H3,(H,14,18)(H,16,17). The summed E-state index contributed by atoms with van der Waals surface area (Å²) in [5.41, 5.74) is -1.44. The van der Waals surface area contributed by atoms with E-state index >= 15 is 0 Å². The molecule has 1 saturated heterocycles. The largest absolute Gasteiger partial charge is 0.480 e. The molecule has 0 saturated carbocycles. The van der Waals surface area contributed by atoms with Gasteiger partial charge in [-0.3, -0.25) is 0 Å². The molecule has 1 unspecified atom stereocenters. The van der Waals surface area contributed by atoms with E-state index in [0.29, 0.717) is 12.8 Å². The van der Waals surface area contributed by atoms with Crippen LogP contribution in [-0.2, 0) is 4.79 Å². The third-order valence-electron chi connectivity index (χ3n) is 3.04. The average molecular weight is 268 g/mol. The summed E-state index contributed by atoms with van der Waals surface area (Å²) < 4.78 is 36.0. The second-order valence-electron chi connectivity index (χ2n) is 4.46. The lowest BCUT2D eigenvalue weighted by atomic mass is 9.89. The highest BCUT2D eigenvalue weighted by Crippen LogP contribution is 2.28. The Bertz CT molecular complexity index is 346. The first kappa shape index (κ1) is 14.6. The van der Waals surface area contributed by atoms with Crippen molar-refractivity contribution in [2.24, 2.45) is 0 Å². The van der Waals surface area contributed by atoms with Gasteiger partial charge in [-0.25, -0.2) is 9.59 Å². The average Bonchev–Trinajstić information content (AvgIpc) is 2.25. The van der Waals surface area contributed by atoms with Gasteiger partial charge in [0.25, 0.3) is 0 Å². The number of aliphatic carboxylic acids is 1. The van der Waals surface area contributed by atoms with Crippen LogP contribution in [0.25, 0.3) is 0 Å². The molecule has 1 aliphatic rings. The zero-order valence-corrected chi connectivity index (χ0v) is 9.88. The van der Waals surface area contributed by atoms with Gasteiger partial charge in [-0.05, 0) is 26.2 Å². The summed E-state index contributed by atoms with van der Waals surface area (Å²) in [5, 5.41) is 10.8. The number of carbonyl (C=O) groups excluding carboxylic acids is 1. The third-order valence-corrected chi connectivity index (χ3v) is 3.04. The highest BCUT2D eigenvalue weighted by Gasteiger charge is 2.44. The van der Waals surface area contributed by atoms with E-state index in [1.807, 2.05) is 0 Å². The number of rotatable bonds is 2. The van der Waals surface area contributed by atoms with Gasteiger partial charge in [0.15, 0.2) is 0 Å². The number of alkyl halides is 3. The number of halogens is 3. The number of carboxylic acids is 1. The zero-order valence-electron chi connectivity index (χ0n) is 9.88. The molecule has 1 fully saturated rings. The zero-order chi connectivity index (χ0) is 14.0. The molecule has 8 heteroatoms. The molecule has 1 atom stereocenters. The topological polar surface area (TPSA) is 69.6 Å². The van der Waals surface area contributed by atoms with Gasteiger partial charge >= 0.3 is 18.2 Å². The van der Waals surface area contributed by atoms with Crippen LogP contribution < -0.4 is 5.32 Å². The lowest BCUT2D eigenvalue weighted by molar-refractivity contribution is -0.150. The normalized spacial score (nSPS) is 24.8. The Labute approximate surface area is 102 Å². The van der Waals surface area contributed by atoms with Crippen LogP contribution in [0.3, 0.4) is 0 Å². The Morgan fingerprint density at radius 3 is 2.50 bits per heavy atom. The minimum atomic E-state index is -4.51. The molecule has 2 amide bonds. The number of piperidine rings is 1. The molecule has 1 rings (SSSR count). The van der Waals surface area contributed by atoms with E-state index < -0.39 is 30.3 Å². The van der Waals surface area contributed by atoms with Gasteiger partial charge in [-0.1, -0.05) is 0 Å². The molecule has 1 aliphatic heterocycles. The van der Waals surface area contributed by atoms with Gasteiger partial charge in [0.2, 0.25) is 0 Å². The van der Waals surface area contributed by atoms with E-state index in [2.05, 4.69) is 0 Å². The number of carboxylic acid groups (broad SMARTS) is 1. The fourth-order valence-electron chi connectivity index (χ4n) is 1.94. The van der Waals surface area contributed by atoms with Gasteiger partial charge in [0.05, 0.1) is 0 Å². The summed E-state index contributed by atoms with van der Waals surface area (Å²) in [5.74, 6) is -1.20. The maximum Gasteiger partial charge on any atom is 0.405 e. The van der Waals surface area contributed by atoms with Crippen LogP contribution in [-0.4, -0.2) is 46.8 Å². The maximum atomic E-state index is 12.0. The number of hydrogen-bond donors (Lipinski definition) is 2. The van der Waals surface area contributed by atoms with Crippen LogP contribution in [0.15, 0.2) is 0 Å². The smallest absolute Gasteiger partial charge is 0.405 e. The van der Waals surface area contributed by atoms with Crippen molar-refractivity contribution in [3.8, 4) is 0 Å². The fourth-order valence-corrected chi connectivity index (χ4v) is 1.94. The number of nitrogens with one attached hydrogen (secondary N) is 1. The van der Waals surface area contributed by atoms with E-state index in [0.717, 1.165) is 4.90 Å². The molecule has 0 bridgehead atoms. The molecule has 1 heterocycles. The number of amides is 2. The van der Waals surface area contributed by atoms with E-state index in [9.17, 15) is 22.8 Å². The predicted octanol–water partition coefficient (Wildman–Crippen LogP) is 1.59. The summed E-state index contributed by atoms with van der Waals surface area (Å²) >= 11 is 0. The van der Waals surface area contributed by atoms with Crippen molar-refractivity contribution in [2.45, 2.75) is 37.9 Å². The van der Waals surface area contributed by atoms with Crippen LogP contribution >= 0.6 is 0 Å². The molecule has 0 aromatic heterocycles. The number of hydrogen-bond acceptors (Lipinski definition) is 2. The summed E-state index contributed by atoms with van der Waals surface area (Å²) in [6, 6.07) is -0.989. The molecule has 104 valence electrons. The van der Waals surface area contributed by atoms with Crippen molar-refractivity contribution in [3.05, 3.63) is 0 Å². The van der Waals surface area contributed by atoms with Gasteiger partial charge in [0.1, 0.15) is 12.1 Å². The Morgan fingerprint density at radius 1 is 1.39 bits per heavy atom. The minimum Gasteiger partial charge on any atom is -0.480 e. The molecule has 0 aromatic rings. The summed E-state index contributed by atoms with van der Waals surface area (Å²) in [6.07, 6.45) is -3.05. The fraction of sp³-hybridized carbons (Fsp3) is 0.800. The van der Waals surface area contributed by atoms with Crippen LogP contribution in [0.2, 0.25) is 0 Å². The first-order valence-corrected chi connectivity index (χ1v) is 5.52. The van der Waals surface area contributed by atoms with Gasteiger partial charge in [-0.2, -0.15) is 13.2 Å². The van der Waals surface area contributed by atoms with Crippen molar-refractivity contribution >= 4 is 12.0 Å².